The SMILES string of the molecule is Cc1cnc(NC(=O)C(COC2CCC2)Oc2ncnc3c2cnn3-c2ncccc2C(F)(F)F)cn1. The Morgan fingerprint density at radius 2 is 2.00 bits per heavy atom. The number of hydrogen-bond acceptors (Lipinski definition) is 9. The van der Waals surface area contributed by atoms with E-state index in [0.29, 0.717) is 5.69 Å². The van der Waals surface area contributed by atoms with Crippen LogP contribution in [0.25, 0.3) is 16.9 Å². The van der Waals surface area contributed by atoms with Gasteiger partial charge in [-0.05, 0) is 38.3 Å². The number of pyridine rings is 1. The lowest BCUT2D eigenvalue weighted by molar-refractivity contribution is -0.137. The molecule has 4 aromatic rings. The van der Waals surface area contributed by atoms with Crippen molar-refractivity contribution in [2.24, 2.45) is 0 Å². The Bertz CT molecular complexity index is 1410. The summed E-state index contributed by atoms with van der Waals surface area (Å²) in [5.74, 6) is -0.827. The fourth-order valence-corrected chi connectivity index (χ4v) is 3.58. The zero-order chi connectivity index (χ0) is 26.0. The van der Waals surface area contributed by atoms with E-state index in [2.05, 4.69) is 35.3 Å². The van der Waals surface area contributed by atoms with Crippen LogP contribution in [0.15, 0.2) is 43.2 Å². The van der Waals surface area contributed by atoms with E-state index in [-0.39, 0.29) is 35.4 Å². The zero-order valence-electron chi connectivity index (χ0n) is 19.5. The van der Waals surface area contributed by atoms with E-state index in [4.69, 9.17) is 9.47 Å². The highest BCUT2D eigenvalue weighted by atomic mass is 19.4. The number of hydrogen-bond donors (Lipinski definition) is 1. The summed E-state index contributed by atoms with van der Waals surface area (Å²) in [6.45, 7) is 1.69. The Balaban J connectivity index is 1.44. The monoisotopic (exact) mass is 514 g/mol. The average Bonchev–Trinajstić information content (AvgIpc) is 3.28. The molecule has 1 amide bonds. The third kappa shape index (κ3) is 5.33. The number of amides is 1. The first-order valence-electron chi connectivity index (χ1n) is 11.4. The van der Waals surface area contributed by atoms with Crippen LogP contribution in [0.2, 0.25) is 0 Å². The minimum atomic E-state index is -4.66. The molecular weight excluding hydrogens is 493 g/mol. The predicted molar refractivity (Wildman–Crippen MR) is 123 cm³/mol. The quantitative estimate of drug-likeness (QED) is 0.376. The van der Waals surface area contributed by atoms with Gasteiger partial charge in [-0.3, -0.25) is 9.78 Å². The van der Waals surface area contributed by atoms with Gasteiger partial charge in [-0.1, -0.05) is 0 Å². The Kier molecular flexibility index (Phi) is 6.65. The number of rotatable bonds is 8. The van der Waals surface area contributed by atoms with E-state index in [1.54, 1.807) is 6.92 Å². The average molecular weight is 514 g/mol. The highest BCUT2D eigenvalue weighted by molar-refractivity contribution is 5.94. The van der Waals surface area contributed by atoms with Crippen LogP contribution in [0, 0.1) is 6.92 Å². The van der Waals surface area contributed by atoms with Gasteiger partial charge in [0.2, 0.25) is 12.0 Å². The smallest absolute Gasteiger partial charge is 0.420 e. The molecule has 37 heavy (non-hydrogen) atoms. The second-order valence-electron chi connectivity index (χ2n) is 8.37. The van der Waals surface area contributed by atoms with Crippen LogP contribution in [0.4, 0.5) is 19.0 Å². The van der Waals surface area contributed by atoms with E-state index in [1.807, 2.05) is 0 Å². The summed E-state index contributed by atoms with van der Waals surface area (Å²) < 4.78 is 53.4. The van der Waals surface area contributed by atoms with Crippen molar-refractivity contribution in [3.63, 3.8) is 0 Å². The molecule has 192 valence electrons. The lowest BCUT2D eigenvalue weighted by Crippen LogP contribution is -2.39. The van der Waals surface area contributed by atoms with Crippen LogP contribution >= 0.6 is 0 Å². The highest BCUT2D eigenvalue weighted by Gasteiger charge is 2.35. The van der Waals surface area contributed by atoms with Crippen molar-refractivity contribution in [3.8, 4) is 11.7 Å². The van der Waals surface area contributed by atoms with Gasteiger partial charge in [-0.15, -0.1) is 0 Å². The molecule has 11 nitrogen and oxygen atoms in total. The minimum absolute atomic E-state index is 0.0242. The van der Waals surface area contributed by atoms with Crippen molar-refractivity contribution in [3.05, 3.63) is 54.5 Å². The Labute approximate surface area is 208 Å². The lowest BCUT2D eigenvalue weighted by atomic mass is 9.96. The first kappa shape index (κ1) is 24.5. The lowest BCUT2D eigenvalue weighted by Gasteiger charge is -2.27. The minimum Gasteiger partial charge on any atom is -0.461 e. The van der Waals surface area contributed by atoms with Crippen LogP contribution in [0.1, 0.15) is 30.5 Å². The Morgan fingerprint density at radius 1 is 1.16 bits per heavy atom. The number of nitrogens with one attached hydrogen (secondary N) is 1. The molecule has 14 heteroatoms. The number of aromatic nitrogens is 7. The molecular formula is C23H21F3N8O3. The molecule has 1 fully saturated rings. The second-order valence-corrected chi connectivity index (χ2v) is 8.37. The van der Waals surface area contributed by atoms with E-state index in [0.717, 1.165) is 36.3 Å². The van der Waals surface area contributed by atoms with Gasteiger partial charge in [0, 0.05) is 6.20 Å². The van der Waals surface area contributed by atoms with Crippen molar-refractivity contribution in [1.29, 1.82) is 0 Å². The molecule has 1 unspecified atom stereocenters. The molecule has 0 spiro atoms. The van der Waals surface area contributed by atoms with Crippen molar-refractivity contribution in [2.75, 3.05) is 11.9 Å². The molecule has 4 heterocycles. The normalized spacial score (nSPS) is 14.8. The third-order valence-corrected chi connectivity index (χ3v) is 5.74. The topological polar surface area (TPSA) is 130 Å². The fraction of sp³-hybridized carbons (Fsp3) is 0.348. The van der Waals surface area contributed by atoms with Gasteiger partial charge < -0.3 is 14.8 Å². The summed E-state index contributed by atoms with van der Waals surface area (Å²) in [6.07, 6.45) is 3.54. The van der Waals surface area contributed by atoms with E-state index in [9.17, 15) is 18.0 Å². The van der Waals surface area contributed by atoms with Gasteiger partial charge in [-0.25, -0.2) is 19.9 Å². The molecule has 1 saturated carbocycles. The Morgan fingerprint density at radius 3 is 2.70 bits per heavy atom. The first-order valence-corrected chi connectivity index (χ1v) is 11.4. The maximum Gasteiger partial charge on any atom is 0.420 e. The summed E-state index contributed by atoms with van der Waals surface area (Å²) in [4.78, 5) is 33.3. The van der Waals surface area contributed by atoms with Gasteiger partial charge in [0.15, 0.2) is 17.3 Å². The van der Waals surface area contributed by atoms with Gasteiger partial charge in [0.25, 0.3) is 5.91 Å². The van der Waals surface area contributed by atoms with Crippen LogP contribution in [0.3, 0.4) is 0 Å². The molecule has 0 aromatic carbocycles. The number of ether oxygens (including phenoxy) is 2. The number of nitrogens with zero attached hydrogens (tertiary/aromatic N) is 7. The molecule has 5 rings (SSSR count). The standard InChI is InChI=1S/C23H21F3N8O3/c1-13-8-29-18(10-28-13)33-21(35)17(11-36-14-4-2-5-14)37-22-15-9-32-34(19(15)30-12-31-22)20-16(23(24,25)26)6-3-7-27-20/h3,6-10,12,14,17H,2,4-5,11H2,1H3,(H,29,33,35). The maximum atomic E-state index is 13.6. The molecule has 1 aliphatic rings. The molecule has 1 N–H and O–H groups in total. The Hall–Kier alpha value is -4.20. The third-order valence-electron chi connectivity index (χ3n) is 5.74. The number of anilines is 1. The number of fused-ring (bicyclic) bond motifs is 1. The number of halogens is 3. The van der Waals surface area contributed by atoms with Gasteiger partial charge in [-0.2, -0.15) is 23.0 Å². The van der Waals surface area contributed by atoms with Crippen molar-refractivity contribution >= 4 is 22.8 Å². The summed E-state index contributed by atoms with van der Waals surface area (Å²) >= 11 is 0. The van der Waals surface area contributed by atoms with Crippen LogP contribution in [-0.2, 0) is 15.7 Å². The van der Waals surface area contributed by atoms with Crippen LogP contribution < -0.4 is 10.1 Å². The second kappa shape index (κ2) is 10.0. The van der Waals surface area contributed by atoms with Gasteiger partial charge in [0.1, 0.15) is 17.3 Å². The van der Waals surface area contributed by atoms with E-state index < -0.39 is 29.6 Å². The molecule has 0 radical (unpaired) electrons. The number of carbonyl (C=O) groups excluding carboxylic acids is 1. The fourth-order valence-electron chi connectivity index (χ4n) is 3.58. The van der Waals surface area contributed by atoms with Crippen LogP contribution in [-0.4, -0.2) is 59.4 Å². The summed E-state index contributed by atoms with van der Waals surface area (Å²) in [5.41, 5.74) is -0.273. The van der Waals surface area contributed by atoms with Gasteiger partial charge >= 0.3 is 6.18 Å². The van der Waals surface area contributed by atoms with E-state index >= 15 is 0 Å². The summed E-state index contributed by atoms with van der Waals surface area (Å²) in [5, 5.41) is 6.87. The number of alkyl halides is 3. The summed E-state index contributed by atoms with van der Waals surface area (Å²) in [6, 6.07) is 2.09. The van der Waals surface area contributed by atoms with Crippen molar-refractivity contribution < 1.29 is 27.4 Å². The van der Waals surface area contributed by atoms with Crippen LogP contribution in [0.5, 0.6) is 5.88 Å². The molecule has 0 saturated heterocycles. The highest BCUT2D eigenvalue weighted by Crippen LogP contribution is 2.34. The summed E-state index contributed by atoms with van der Waals surface area (Å²) in [7, 11) is 0. The number of carbonyl (C=O) groups is 1. The molecule has 0 aliphatic heterocycles. The number of aryl methyl sites for hydroxylation is 1. The molecule has 4 aromatic heterocycles. The molecule has 1 aliphatic carbocycles. The maximum absolute atomic E-state index is 13.6. The predicted octanol–water partition coefficient (Wildman–Crippen LogP) is 3.28. The van der Waals surface area contributed by atoms with Crippen molar-refractivity contribution in [1.82, 2.24) is 34.7 Å². The van der Waals surface area contributed by atoms with E-state index in [1.165, 1.54) is 30.9 Å². The molecule has 0 bridgehead atoms. The van der Waals surface area contributed by atoms with Gasteiger partial charge in [0.05, 0.1) is 37.0 Å². The van der Waals surface area contributed by atoms with Crippen molar-refractivity contribution in [2.45, 2.75) is 44.6 Å². The zero-order valence-corrected chi connectivity index (χ0v) is 19.5. The largest absolute Gasteiger partial charge is 0.461 e. The molecule has 1 atom stereocenters. The first-order chi connectivity index (χ1) is 17.8.